The summed E-state index contributed by atoms with van der Waals surface area (Å²) in [5.41, 5.74) is -1.27. The van der Waals surface area contributed by atoms with Crippen molar-refractivity contribution < 1.29 is 14.6 Å². The van der Waals surface area contributed by atoms with Gasteiger partial charge in [0.05, 0.1) is 6.61 Å². The molecule has 0 amide bonds. The van der Waals surface area contributed by atoms with E-state index in [-0.39, 0.29) is 5.41 Å². The fourth-order valence-corrected chi connectivity index (χ4v) is 3.10. The molecule has 1 unspecified atom stereocenters. The van der Waals surface area contributed by atoms with Crippen molar-refractivity contribution in [3.63, 3.8) is 0 Å². The maximum Gasteiger partial charge on any atom is 0.338 e. The molecule has 4 heteroatoms. The molecule has 0 bridgehead atoms. The van der Waals surface area contributed by atoms with Crippen LogP contribution >= 0.6 is 11.8 Å². The number of hydrogen-bond donors (Lipinski definition) is 1. The molecule has 82 valence electrons. The van der Waals surface area contributed by atoms with Crippen molar-refractivity contribution in [3.8, 4) is 0 Å². The molecule has 3 nitrogen and oxygen atoms in total. The second kappa shape index (κ2) is 4.11. The molecule has 14 heavy (non-hydrogen) atoms. The van der Waals surface area contributed by atoms with Gasteiger partial charge in [-0.25, -0.2) is 4.79 Å². The first kappa shape index (κ1) is 11.9. The minimum absolute atomic E-state index is 0.00439. The number of carbonyl (C=O) groups is 1. The molecule has 1 saturated heterocycles. The van der Waals surface area contributed by atoms with E-state index in [0.29, 0.717) is 18.8 Å². The summed E-state index contributed by atoms with van der Waals surface area (Å²) in [6.07, 6.45) is 0.492. The smallest absolute Gasteiger partial charge is 0.338 e. The summed E-state index contributed by atoms with van der Waals surface area (Å²) in [4.78, 5) is 11.5. The largest absolute Gasteiger partial charge is 0.464 e. The normalized spacial score (nSPS) is 31.1. The second-order valence-corrected chi connectivity index (χ2v) is 5.57. The number of hydrogen-bond acceptors (Lipinski definition) is 4. The number of aliphatic hydroxyl groups is 1. The topological polar surface area (TPSA) is 46.5 Å². The highest BCUT2D eigenvalue weighted by Gasteiger charge is 2.45. The fourth-order valence-electron chi connectivity index (χ4n) is 1.79. The lowest BCUT2D eigenvalue weighted by Gasteiger charge is -2.39. The molecule has 1 N–H and O–H groups in total. The zero-order valence-electron chi connectivity index (χ0n) is 9.00. The Morgan fingerprint density at radius 1 is 1.50 bits per heavy atom. The summed E-state index contributed by atoms with van der Waals surface area (Å²) in [5.74, 6) is 0.963. The molecule has 1 rings (SSSR count). The first-order chi connectivity index (χ1) is 6.40. The van der Waals surface area contributed by atoms with Gasteiger partial charge in [0.25, 0.3) is 0 Å². The number of thioether (sulfide) groups is 1. The highest BCUT2D eigenvalue weighted by Crippen LogP contribution is 2.39. The highest BCUT2D eigenvalue weighted by molar-refractivity contribution is 7.99. The quantitative estimate of drug-likeness (QED) is 0.712. The Bertz CT molecular complexity index is 227. The van der Waals surface area contributed by atoms with Crippen molar-refractivity contribution in [2.24, 2.45) is 5.41 Å². The van der Waals surface area contributed by atoms with Crippen molar-refractivity contribution in [1.82, 2.24) is 0 Å². The molecule has 0 radical (unpaired) electrons. The van der Waals surface area contributed by atoms with Crippen molar-refractivity contribution in [1.29, 1.82) is 0 Å². The van der Waals surface area contributed by atoms with Gasteiger partial charge in [-0.05, 0) is 24.5 Å². The standard InChI is InChI=1S/C10H18O3S/c1-4-13-8(11)10(12)5-9(2,3)6-14-7-10/h12H,4-7H2,1-3H3. The SMILES string of the molecule is CCOC(=O)C1(O)CSCC(C)(C)C1. The summed E-state index contributed by atoms with van der Waals surface area (Å²) in [6.45, 7) is 6.20. The lowest BCUT2D eigenvalue weighted by molar-refractivity contribution is -0.165. The number of rotatable bonds is 2. The van der Waals surface area contributed by atoms with E-state index < -0.39 is 11.6 Å². The van der Waals surface area contributed by atoms with Gasteiger partial charge in [0, 0.05) is 5.75 Å². The minimum Gasteiger partial charge on any atom is -0.464 e. The van der Waals surface area contributed by atoms with Crippen LogP contribution in [0.15, 0.2) is 0 Å². The molecular weight excluding hydrogens is 200 g/mol. The summed E-state index contributed by atoms with van der Waals surface area (Å²) in [6, 6.07) is 0. The Kier molecular flexibility index (Phi) is 3.48. The lowest BCUT2D eigenvalue weighted by Crippen LogP contribution is -2.49. The predicted molar refractivity (Wildman–Crippen MR) is 57.3 cm³/mol. The van der Waals surface area contributed by atoms with Crippen molar-refractivity contribution in [3.05, 3.63) is 0 Å². The molecule has 1 fully saturated rings. The molecule has 1 atom stereocenters. The Balaban J connectivity index is 2.68. The monoisotopic (exact) mass is 218 g/mol. The van der Waals surface area contributed by atoms with Crippen LogP contribution in [-0.4, -0.2) is 34.8 Å². The third-order valence-corrected chi connectivity index (χ3v) is 3.93. The number of esters is 1. The molecule has 0 aliphatic carbocycles. The maximum absolute atomic E-state index is 11.5. The summed E-state index contributed by atoms with van der Waals surface area (Å²) in [5, 5.41) is 10.1. The average molecular weight is 218 g/mol. The maximum atomic E-state index is 11.5. The van der Waals surface area contributed by atoms with Crippen LogP contribution in [0.5, 0.6) is 0 Å². The van der Waals surface area contributed by atoms with Crippen molar-refractivity contribution in [2.75, 3.05) is 18.1 Å². The Morgan fingerprint density at radius 2 is 2.14 bits per heavy atom. The number of ether oxygens (including phenoxy) is 1. The van der Waals surface area contributed by atoms with E-state index in [1.807, 2.05) is 0 Å². The Labute approximate surface area is 89.2 Å². The molecule has 0 spiro atoms. The van der Waals surface area contributed by atoms with Gasteiger partial charge < -0.3 is 9.84 Å². The first-order valence-electron chi connectivity index (χ1n) is 4.87. The lowest BCUT2D eigenvalue weighted by atomic mass is 9.82. The van der Waals surface area contributed by atoms with E-state index in [2.05, 4.69) is 13.8 Å². The molecule has 0 aromatic heterocycles. The van der Waals surface area contributed by atoms with Gasteiger partial charge in [-0.2, -0.15) is 11.8 Å². The van der Waals surface area contributed by atoms with E-state index in [4.69, 9.17) is 4.74 Å². The Morgan fingerprint density at radius 3 is 2.64 bits per heavy atom. The summed E-state index contributed by atoms with van der Waals surface area (Å²) in [7, 11) is 0. The molecule has 0 aromatic rings. The van der Waals surface area contributed by atoms with Gasteiger partial charge in [-0.1, -0.05) is 13.8 Å². The van der Waals surface area contributed by atoms with Crippen LogP contribution in [0.25, 0.3) is 0 Å². The van der Waals surface area contributed by atoms with E-state index >= 15 is 0 Å². The fraction of sp³-hybridized carbons (Fsp3) is 0.900. The summed E-state index contributed by atoms with van der Waals surface area (Å²) < 4.78 is 4.88. The van der Waals surface area contributed by atoms with Gasteiger partial charge in [0.15, 0.2) is 5.60 Å². The van der Waals surface area contributed by atoms with E-state index in [1.54, 1.807) is 18.7 Å². The predicted octanol–water partition coefficient (Wildman–Crippen LogP) is 1.44. The molecule has 1 heterocycles. The first-order valence-corrected chi connectivity index (χ1v) is 6.02. The van der Waals surface area contributed by atoms with Gasteiger partial charge in [0.1, 0.15) is 0 Å². The van der Waals surface area contributed by atoms with Gasteiger partial charge in [-0.15, -0.1) is 0 Å². The molecular formula is C10H18O3S. The van der Waals surface area contributed by atoms with Gasteiger partial charge >= 0.3 is 5.97 Å². The van der Waals surface area contributed by atoms with E-state index in [9.17, 15) is 9.90 Å². The second-order valence-electron chi connectivity index (χ2n) is 4.59. The molecule has 0 saturated carbocycles. The average Bonchev–Trinajstić information content (AvgIpc) is 2.02. The zero-order valence-corrected chi connectivity index (χ0v) is 9.82. The Hall–Kier alpha value is -0.220. The van der Waals surface area contributed by atoms with Crippen LogP contribution in [0.4, 0.5) is 0 Å². The van der Waals surface area contributed by atoms with Crippen molar-refractivity contribution in [2.45, 2.75) is 32.8 Å². The molecule has 1 aliphatic heterocycles. The number of carbonyl (C=O) groups excluding carboxylic acids is 1. The van der Waals surface area contributed by atoms with Crippen LogP contribution in [0.2, 0.25) is 0 Å². The van der Waals surface area contributed by atoms with Crippen LogP contribution < -0.4 is 0 Å². The van der Waals surface area contributed by atoms with Crippen molar-refractivity contribution >= 4 is 17.7 Å². The zero-order chi connectivity index (χ0) is 10.8. The van der Waals surface area contributed by atoms with Gasteiger partial charge in [0.2, 0.25) is 0 Å². The summed E-state index contributed by atoms with van der Waals surface area (Å²) >= 11 is 1.61. The minimum atomic E-state index is -1.28. The highest BCUT2D eigenvalue weighted by atomic mass is 32.2. The molecule has 0 aromatic carbocycles. The van der Waals surface area contributed by atoms with Gasteiger partial charge in [-0.3, -0.25) is 0 Å². The van der Waals surface area contributed by atoms with Crippen LogP contribution in [0.1, 0.15) is 27.2 Å². The van der Waals surface area contributed by atoms with Crippen LogP contribution in [0, 0.1) is 5.41 Å². The van der Waals surface area contributed by atoms with Crippen LogP contribution in [-0.2, 0) is 9.53 Å². The third-order valence-electron chi connectivity index (χ3n) is 2.26. The third kappa shape index (κ3) is 2.64. The van der Waals surface area contributed by atoms with E-state index in [0.717, 1.165) is 5.75 Å². The van der Waals surface area contributed by atoms with Crippen LogP contribution in [0.3, 0.4) is 0 Å². The molecule has 1 aliphatic rings. The van der Waals surface area contributed by atoms with E-state index in [1.165, 1.54) is 0 Å².